The van der Waals surface area contributed by atoms with E-state index in [2.05, 4.69) is 61.3 Å². The minimum absolute atomic E-state index is 0.123. The lowest BCUT2D eigenvalue weighted by Crippen LogP contribution is -2.43. The molecule has 200 valence electrons. The van der Waals surface area contributed by atoms with Gasteiger partial charge in [-0.25, -0.2) is 0 Å². The van der Waals surface area contributed by atoms with Gasteiger partial charge in [0.1, 0.15) is 6.61 Å². The maximum absolute atomic E-state index is 13.8. The molecule has 1 heterocycles. The zero-order valence-corrected chi connectivity index (χ0v) is 25.3. The summed E-state index contributed by atoms with van der Waals surface area (Å²) in [5.74, 6) is 1.16. The third kappa shape index (κ3) is 4.92. The number of Topliss-reactive ketones (excluding diaryl/α,β-unsaturated/α-hetero) is 2. The van der Waals surface area contributed by atoms with Crippen LogP contribution < -0.4 is 9.47 Å². The summed E-state index contributed by atoms with van der Waals surface area (Å²) >= 11 is 2.28. The average Bonchev–Trinajstić information content (AvgIpc) is 2.83. The smallest absolute Gasteiger partial charge is 0.174 e. The molecule has 0 N–H and O–H groups in total. The van der Waals surface area contributed by atoms with Gasteiger partial charge in [0.15, 0.2) is 23.1 Å². The van der Waals surface area contributed by atoms with E-state index >= 15 is 0 Å². The highest BCUT2D eigenvalue weighted by Crippen LogP contribution is 2.54. The molecular weight excluding hydrogens is 589 g/mol. The van der Waals surface area contributed by atoms with Crippen LogP contribution >= 0.6 is 22.6 Å². The van der Waals surface area contributed by atoms with Gasteiger partial charge in [-0.05, 0) is 69.5 Å². The first kappa shape index (κ1) is 27.0. The van der Waals surface area contributed by atoms with Crippen molar-refractivity contribution in [3.63, 3.8) is 0 Å². The molecule has 6 heteroatoms. The zero-order valence-electron chi connectivity index (χ0n) is 23.1. The van der Waals surface area contributed by atoms with Gasteiger partial charge in [0.05, 0.1) is 10.7 Å². The predicted molar refractivity (Wildman–Crippen MR) is 157 cm³/mol. The van der Waals surface area contributed by atoms with Crippen LogP contribution in [0.3, 0.4) is 0 Å². The first-order valence-corrected chi connectivity index (χ1v) is 14.3. The van der Waals surface area contributed by atoms with Gasteiger partial charge in [-0.1, -0.05) is 58.0 Å². The largest absolute Gasteiger partial charge is 0.493 e. The van der Waals surface area contributed by atoms with Crippen LogP contribution in [0.5, 0.6) is 11.5 Å². The van der Waals surface area contributed by atoms with Gasteiger partial charge in [0.25, 0.3) is 0 Å². The quantitative estimate of drug-likeness (QED) is 0.329. The Morgan fingerprint density at radius 1 is 0.895 bits per heavy atom. The molecule has 0 saturated carbocycles. The first-order chi connectivity index (χ1) is 17.9. The van der Waals surface area contributed by atoms with Crippen molar-refractivity contribution in [2.75, 3.05) is 14.2 Å². The zero-order chi connectivity index (χ0) is 27.4. The maximum atomic E-state index is 13.8. The summed E-state index contributed by atoms with van der Waals surface area (Å²) in [5.41, 5.74) is 5.39. The minimum atomic E-state index is -0.394. The van der Waals surface area contributed by atoms with E-state index in [4.69, 9.17) is 9.47 Å². The van der Waals surface area contributed by atoms with E-state index in [9.17, 15) is 9.59 Å². The molecular formula is C32H36INO4. The molecule has 5 rings (SSSR count). The maximum Gasteiger partial charge on any atom is 0.174 e. The number of rotatable bonds is 5. The molecule has 5 nitrogen and oxygen atoms in total. The fraction of sp³-hybridized carbons (Fsp3) is 0.438. The van der Waals surface area contributed by atoms with Crippen molar-refractivity contribution in [2.45, 2.75) is 65.9 Å². The Morgan fingerprint density at radius 3 is 1.97 bits per heavy atom. The molecule has 0 fully saturated rings. The summed E-state index contributed by atoms with van der Waals surface area (Å²) in [4.78, 5) is 29.7. The SMILES string of the molecule is COc1cc(C2C3=C(CC(C)(C)CC3=O)N(C)C3=C2C(=O)CC(C)(C)C3)cc(I)c1OCc1ccccc1. The lowest BCUT2D eigenvalue weighted by atomic mass is 9.64. The minimum Gasteiger partial charge on any atom is -0.493 e. The number of carbonyl (C=O) groups is 2. The second-order valence-corrected chi connectivity index (χ2v) is 13.6. The van der Waals surface area contributed by atoms with Crippen LogP contribution in [0.15, 0.2) is 65.0 Å². The van der Waals surface area contributed by atoms with Crippen LogP contribution in [-0.4, -0.2) is 30.6 Å². The summed E-state index contributed by atoms with van der Waals surface area (Å²) in [5, 5.41) is 0. The van der Waals surface area contributed by atoms with Crippen LogP contribution in [0, 0.1) is 14.4 Å². The third-order valence-electron chi connectivity index (χ3n) is 7.99. The highest BCUT2D eigenvalue weighted by atomic mass is 127. The molecule has 2 aliphatic carbocycles. The molecule has 0 amide bonds. The molecule has 38 heavy (non-hydrogen) atoms. The van der Waals surface area contributed by atoms with E-state index < -0.39 is 5.92 Å². The molecule has 0 saturated heterocycles. The Bertz CT molecular complexity index is 1320. The summed E-state index contributed by atoms with van der Waals surface area (Å²) < 4.78 is 12.9. The second kappa shape index (κ2) is 9.85. The summed E-state index contributed by atoms with van der Waals surface area (Å²) in [7, 11) is 3.67. The van der Waals surface area contributed by atoms with E-state index in [1.54, 1.807) is 7.11 Å². The summed E-state index contributed by atoms with van der Waals surface area (Å²) in [6.45, 7) is 9.04. The number of nitrogens with zero attached hydrogens (tertiary/aromatic N) is 1. The number of ketones is 2. The molecule has 3 aliphatic rings. The van der Waals surface area contributed by atoms with Crippen molar-refractivity contribution in [1.29, 1.82) is 0 Å². The monoisotopic (exact) mass is 625 g/mol. The molecule has 0 unspecified atom stereocenters. The van der Waals surface area contributed by atoms with Crippen LogP contribution in [0.25, 0.3) is 0 Å². The fourth-order valence-electron chi connectivity index (χ4n) is 6.27. The number of methoxy groups -OCH3 is 1. The lowest BCUT2D eigenvalue weighted by molar-refractivity contribution is -0.119. The summed E-state index contributed by atoms with van der Waals surface area (Å²) in [6.07, 6.45) is 2.56. The highest BCUT2D eigenvalue weighted by molar-refractivity contribution is 14.1. The molecule has 0 atom stereocenters. The topological polar surface area (TPSA) is 55.8 Å². The molecule has 1 aliphatic heterocycles. The molecule has 2 aromatic carbocycles. The van der Waals surface area contributed by atoms with Gasteiger partial charge >= 0.3 is 0 Å². The number of benzene rings is 2. The third-order valence-corrected chi connectivity index (χ3v) is 8.79. The number of allylic oxidation sites excluding steroid dienone is 4. The van der Waals surface area contributed by atoms with Crippen molar-refractivity contribution in [2.24, 2.45) is 10.8 Å². The molecule has 0 aromatic heterocycles. The number of hydrogen-bond acceptors (Lipinski definition) is 5. The number of halogens is 1. The van der Waals surface area contributed by atoms with Crippen LogP contribution in [-0.2, 0) is 16.2 Å². The van der Waals surface area contributed by atoms with Crippen LogP contribution in [0.1, 0.15) is 70.4 Å². The molecule has 0 bridgehead atoms. The van der Waals surface area contributed by atoms with Gasteiger partial charge in [-0.15, -0.1) is 0 Å². The highest BCUT2D eigenvalue weighted by Gasteiger charge is 2.48. The van der Waals surface area contributed by atoms with Gasteiger partial charge in [0, 0.05) is 48.3 Å². The van der Waals surface area contributed by atoms with Crippen molar-refractivity contribution in [3.8, 4) is 11.5 Å². The average molecular weight is 626 g/mol. The Labute approximate surface area is 239 Å². The van der Waals surface area contributed by atoms with Crippen molar-refractivity contribution in [1.82, 2.24) is 4.90 Å². The Hall–Kier alpha value is -2.61. The van der Waals surface area contributed by atoms with E-state index in [1.165, 1.54) is 0 Å². The van der Waals surface area contributed by atoms with Gasteiger partial charge in [0.2, 0.25) is 0 Å². The fourth-order valence-corrected chi connectivity index (χ4v) is 7.06. The normalized spacial score (nSPS) is 20.9. The Balaban J connectivity index is 1.64. The van der Waals surface area contributed by atoms with E-state index in [0.717, 1.165) is 50.1 Å². The van der Waals surface area contributed by atoms with Gasteiger partial charge < -0.3 is 14.4 Å². The molecule has 0 radical (unpaired) electrons. The number of hydrogen-bond donors (Lipinski definition) is 0. The van der Waals surface area contributed by atoms with Gasteiger partial charge in [-0.2, -0.15) is 0 Å². The molecule has 2 aromatic rings. The van der Waals surface area contributed by atoms with E-state index in [-0.39, 0.29) is 22.4 Å². The predicted octanol–water partition coefficient (Wildman–Crippen LogP) is 7.19. The van der Waals surface area contributed by atoms with E-state index in [1.807, 2.05) is 43.4 Å². The first-order valence-electron chi connectivity index (χ1n) is 13.2. The van der Waals surface area contributed by atoms with Crippen molar-refractivity contribution < 1.29 is 19.1 Å². The van der Waals surface area contributed by atoms with Crippen molar-refractivity contribution >= 4 is 34.2 Å². The van der Waals surface area contributed by atoms with Gasteiger partial charge in [-0.3, -0.25) is 9.59 Å². The number of ether oxygens (including phenoxy) is 2. The lowest BCUT2D eigenvalue weighted by Gasteiger charge is -2.48. The Kier molecular flexibility index (Phi) is 6.99. The van der Waals surface area contributed by atoms with E-state index in [0.29, 0.717) is 30.9 Å². The summed E-state index contributed by atoms with van der Waals surface area (Å²) in [6, 6.07) is 14.1. The number of carbonyl (C=O) groups excluding carboxylic acids is 2. The second-order valence-electron chi connectivity index (χ2n) is 12.4. The Morgan fingerprint density at radius 2 is 1.45 bits per heavy atom. The van der Waals surface area contributed by atoms with Crippen LogP contribution in [0.2, 0.25) is 0 Å². The van der Waals surface area contributed by atoms with Crippen LogP contribution in [0.4, 0.5) is 0 Å². The van der Waals surface area contributed by atoms with Crippen molar-refractivity contribution in [3.05, 3.63) is 79.7 Å². The molecule has 0 spiro atoms. The standard InChI is InChI=1S/C32H36INO4/c1-31(2)14-22-28(24(35)16-31)27(29-23(34(22)5)15-32(3,4)17-25(29)36)20-12-21(33)30(26(13-20)37-6)38-18-19-10-8-7-9-11-19/h7-13,27H,14-18H2,1-6H3.